The maximum atomic E-state index is 12.5. The normalized spacial score (nSPS) is 15.1. The highest BCUT2D eigenvalue weighted by molar-refractivity contribution is 5.39. The molecule has 0 unspecified atom stereocenters. The molecule has 0 radical (unpaired) electrons. The van der Waals surface area contributed by atoms with Gasteiger partial charge < -0.3 is 10.1 Å². The van der Waals surface area contributed by atoms with Gasteiger partial charge in [0, 0.05) is 18.9 Å². The molecule has 1 saturated carbocycles. The molecule has 4 nitrogen and oxygen atoms in total. The summed E-state index contributed by atoms with van der Waals surface area (Å²) in [6, 6.07) is 6.49. The van der Waals surface area contributed by atoms with Crippen LogP contribution in [-0.2, 0) is 6.54 Å². The summed E-state index contributed by atoms with van der Waals surface area (Å²) < 4.78 is 41.6. The maximum Gasteiger partial charge on any atom is 0.573 e. The molecule has 0 saturated heterocycles. The van der Waals surface area contributed by atoms with Crippen LogP contribution in [0.3, 0.4) is 0 Å². The summed E-state index contributed by atoms with van der Waals surface area (Å²) in [4.78, 5) is 8.05. The molecule has 3 rings (SSSR count). The standard InChI is InChI=1S/C16H16F3N3O/c17-16(18,19)23-14-8-11(7-13(9-14)12-3-1-4-12)10-22-15-20-5-2-6-21-15/h2,5-9,12H,1,3-4,10H2,(H,20,21,22). The van der Waals surface area contributed by atoms with Crippen LogP contribution >= 0.6 is 0 Å². The van der Waals surface area contributed by atoms with E-state index in [0.717, 1.165) is 24.8 Å². The second-order valence-corrected chi connectivity index (χ2v) is 5.51. The molecular formula is C16H16F3N3O. The first kappa shape index (κ1) is 15.6. The molecule has 1 aromatic carbocycles. The van der Waals surface area contributed by atoms with Gasteiger partial charge in [-0.1, -0.05) is 12.5 Å². The lowest BCUT2D eigenvalue weighted by Crippen LogP contribution is -2.18. The van der Waals surface area contributed by atoms with Crippen LogP contribution in [0.5, 0.6) is 5.75 Å². The van der Waals surface area contributed by atoms with Crippen LogP contribution in [0.15, 0.2) is 36.7 Å². The molecule has 122 valence electrons. The van der Waals surface area contributed by atoms with Crippen molar-refractivity contribution in [3.8, 4) is 5.75 Å². The van der Waals surface area contributed by atoms with E-state index in [9.17, 15) is 13.2 Å². The molecule has 1 aliphatic carbocycles. The Morgan fingerprint density at radius 3 is 2.48 bits per heavy atom. The Hall–Kier alpha value is -2.31. The number of nitrogens with one attached hydrogen (secondary N) is 1. The van der Waals surface area contributed by atoms with E-state index in [0.29, 0.717) is 24.0 Å². The molecule has 1 aliphatic rings. The maximum absolute atomic E-state index is 12.5. The number of rotatable bonds is 5. The van der Waals surface area contributed by atoms with E-state index in [1.807, 2.05) is 6.07 Å². The van der Waals surface area contributed by atoms with Crippen molar-refractivity contribution < 1.29 is 17.9 Å². The first-order valence-corrected chi connectivity index (χ1v) is 7.40. The highest BCUT2D eigenvalue weighted by Crippen LogP contribution is 2.38. The largest absolute Gasteiger partial charge is 0.573 e. The summed E-state index contributed by atoms with van der Waals surface area (Å²) in [7, 11) is 0. The average molecular weight is 323 g/mol. The topological polar surface area (TPSA) is 47.0 Å². The van der Waals surface area contributed by atoms with Crippen LogP contribution in [0, 0.1) is 0 Å². The zero-order chi connectivity index (χ0) is 16.3. The zero-order valence-electron chi connectivity index (χ0n) is 12.3. The van der Waals surface area contributed by atoms with Crippen molar-refractivity contribution in [2.75, 3.05) is 5.32 Å². The van der Waals surface area contributed by atoms with Gasteiger partial charge in [-0.15, -0.1) is 13.2 Å². The van der Waals surface area contributed by atoms with Gasteiger partial charge in [0.1, 0.15) is 5.75 Å². The van der Waals surface area contributed by atoms with E-state index in [1.54, 1.807) is 18.5 Å². The predicted molar refractivity (Wildman–Crippen MR) is 79.1 cm³/mol. The number of hydrogen-bond donors (Lipinski definition) is 1. The third-order valence-electron chi connectivity index (χ3n) is 3.82. The van der Waals surface area contributed by atoms with Crippen LogP contribution in [0.2, 0.25) is 0 Å². The molecule has 1 heterocycles. The third kappa shape index (κ3) is 4.34. The van der Waals surface area contributed by atoms with E-state index in [2.05, 4.69) is 20.0 Å². The van der Waals surface area contributed by atoms with Gasteiger partial charge >= 0.3 is 6.36 Å². The fourth-order valence-electron chi connectivity index (χ4n) is 2.53. The Labute approximate surface area is 131 Å². The third-order valence-corrected chi connectivity index (χ3v) is 3.82. The Bertz CT molecular complexity index is 657. The van der Waals surface area contributed by atoms with Crippen molar-refractivity contribution in [2.45, 2.75) is 38.1 Å². The summed E-state index contributed by atoms with van der Waals surface area (Å²) in [5.74, 6) is 0.575. The molecule has 0 atom stereocenters. The lowest BCUT2D eigenvalue weighted by atomic mass is 9.79. The molecule has 1 fully saturated rings. The fraction of sp³-hybridized carbons (Fsp3) is 0.375. The molecule has 0 amide bonds. The quantitative estimate of drug-likeness (QED) is 0.893. The second-order valence-electron chi connectivity index (χ2n) is 5.51. The first-order valence-electron chi connectivity index (χ1n) is 7.40. The van der Waals surface area contributed by atoms with Crippen molar-refractivity contribution >= 4 is 5.95 Å². The first-order chi connectivity index (χ1) is 11.0. The Kier molecular flexibility index (Phi) is 4.36. The Morgan fingerprint density at radius 2 is 1.87 bits per heavy atom. The minimum atomic E-state index is -4.69. The second kappa shape index (κ2) is 6.44. The number of benzene rings is 1. The molecule has 1 N–H and O–H groups in total. The van der Waals surface area contributed by atoms with Gasteiger partial charge in [0.05, 0.1) is 0 Å². The van der Waals surface area contributed by atoms with E-state index in [4.69, 9.17) is 0 Å². The van der Waals surface area contributed by atoms with E-state index in [1.165, 1.54) is 12.1 Å². The molecule has 23 heavy (non-hydrogen) atoms. The SMILES string of the molecule is FC(F)(F)Oc1cc(CNc2ncccn2)cc(C2CCC2)c1. The number of hydrogen-bond acceptors (Lipinski definition) is 4. The highest BCUT2D eigenvalue weighted by atomic mass is 19.4. The van der Waals surface area contributed by atoms with Crippen molar-refractivity contribution in [3.05, 3.63) is 47.8 Å². The molecule has 2 aromatic rings. The van der Waals surface area contributed by atoms with Crippen molar-refractivity contribution in [2.24, 2.45) is 0 Å². The number of halogens is 3. The summed E-state index contributed by atoms with van der Waals surface area (Å²) in [6.45, 7) is 0.332. The highest BCUT2D eigenvalue weighted by Gasteiger charge is 2.32. The van der Waals surface area contributed by atoms with Gasteiger partial charge in [0.2, 0.25) is 5.95 Å². The number of anilines is 1. The van der Waals surface area contributed by atoms with Gasteiger partial charge in [0.25, 0.3) is 0 Å². The van der Waals surface area contributed by atoms with Gasteiger partial charge in [0.15, 0.2) is 0 Å². The Morgan fingerprint density at radius 1 is 1.13 bits per heavy atom. The van der Waals surface area contributed by atoms with Gasteiger partial charge in [-0.3, -0.25) is 0 Å². The molecule has 7 heteroatoms. The van der Waals surface area contributed by atoms with Gasteiger partial charge in [-0.25, -0.2) is 9.97 Å². The number of nitrogens with zero attached hydrogens (tertiary/aromatic N) is 2. The van der Waals surface area contributed by atoms with E-state index >= 15 is 0 Å². The van der Waals surface area contributed by atoms with Gasteiger partial charge in [-0.2, -0.15) is 0 Å². The molecule has 1 aromatic heterocycles. The lowest BCUT2D eigenvalue weighted by molar-refractivity contribution is -0.274. The number of ether oxygens (including phenoxy) is 1. The van der Waals surface area contributed by atoms with Crippen LogP contribution in [0.4, 0.5) is 19.1 Å². The molecule has 0 bridgehead atoms. The van der Waals surface area contributed by atoms with Gasteiger partial charge in [-0.05, 0) is 48.1 Å². The lowest BCUT2D eigenvalue weighted by Gasteiger charge is -2.27. The predicted octanol–water partition coefficient (Wildman–Crippen LogP) is 4.25. The van der Waals surface area contributed by atoms with Crippen LogP contribution in [0.25, 0.3) is 0 Å². The zero-order valence-corrected chi connectivity index (χ0v) is 12.3. The minimum Gasteiger partial charge on any atom is -0.406 e. The van der Waals surface area contributed by atoms with E-state index in [-0.39, 0.29) is 5.75 Å². The van der Waals surface area contributed by atoms with Crippen LogP contribution in [-0.4, -0.2) is 16.3 Å². The fourth-order valence-corrected chi connectivity index (χ4v) is 2.53. The molecular weight excluding hydrogens is 307 g/mol. The minimum absolute atomic E-state index is 0.173. The number of aromatic nitrogens is 2. The summed E-state index contributed by atoms with van der Waals surface area (Å²) in [5, 5.41) is 2.99. The molecule has 0 aliphatic heterocycles. The number of alkyl halides is 3. The van der Waals surface area contributed by atoms with Crippen molar-refractivity contribution in [1.29, 1.82) is 0 Å². The summed E-state index contributed by atoms with van der Waals surface area (Å²) in [5.41, 5.74) is 1.60. The summed E-state index contributed by atoms with van der Waals surface area (Å²) in [6.07, 6.45) is 1.62. The van der Waals surface area contributed by atoms with E-state index < -0.39 is 6.36 Å². The average Bonchev–Trinajstić information content (AvgIpc) is 2.42. The van der Waals surface area contributed by atoms with Crippen LogP contribution in [0.1, 0.15) is 36.3 Å². The monoisotopic (exact) mass is 323 g/mol. The molecule has 0 spiro atoms. The Balaban J connectivity index is 1.78. The van der Waals surface area contributed by atoms with Crippen molar-refractivity contribution in [1.82, 2.24) is 9.97 Å². The smallest absolute Gasteiger partial charge is 0.406 e. The van der Waals surface area contributed by atoms with Crippen molar-refractivity contribution in [3.63, 3.8) is 0 Å². The summed E-state index contributed by atoms with van der Waals surface area (Å²) >= 11 is 0. The van der Waals surface area contributed by atoms with Crippen LogP contribution < -0.4 is 10.1 Å².